The minimum absolute atomic E-state index is 0.0231. The van der Waals surface area contributed by atoms with Crippen LogP contribution in [-0.2, 0) is 11.3 Å². The third-order valence-corrected chi connectivity index (χ3v) is 3.82. The molecule has 0 unspecified atom stereocenters. The summed E-state index contributed by atoms with van der Waals surface area (Å²) in [5.41, 5.74) is 1.14. The van der Waals surface area contributed by atoms with E-state index >= 15 is 0 Å². The highest BCUT2D eigenvalue weighted by atomic mass is 16.5. The van der Waals surface area contributed by atoms with Crippen LogP contribution < -0.4 is 9.47 Å². The van der Waals surface area contributed by atoms with E-state index in [2.05, 4.69) is 4.90 Å². The molecule has 0 aromatic heterocycles. The lowest BCUT2D eigenvalue weighted by molar-refractivity contribution is 0.0704. The summed E-state index contributed by atoms with van der Waals surface area (Å²) >= 11 is 0. The van der Waals surface area contributed by atoms with Gasteiger partial charge in [0.1, 0.15) is 30.8 Å². The number of rotatable bonds is 13. The zero-order valence-corrected chi connectivity index (χ0v) is 15.8. The minimum atomic E-state index is -0.559. The number of likely N-dealkylation sites (N-methyl/N-ethyl adjacent to an activating group) is 1. The maximum absolute atomic E-state index is 10.1. The SMILES string of the molecule is CN(Cc1ccc(OCCOCCO)cc1)C[C@@H](O)COc1ccccc1. The second-order valence-corrected chi connectivity index (χ2v) is 6.30. The Morgan fingerprint density at radius 2 is 1.59 bits per heavy atom. The average Bonchev–Trinajstić information content (AvgIpc) is 2.68. The molecular weight excluding hydrogens is 346 g/mol. The van der Waals surface area contributed by atoms with Gasteiger partial charge in [0.15, 0.2) is 0 Å². The molecule has 0 bridgehead atoms. The fourth-order valence-electron chi connectivity index (χ4n) is 2.57. The Morgan fingerprint density at radius 3 is 2.30 bits per heavy atom. The molecule has 27 heavy (non-hydrogen) atoms. The number of aliphatic hydroxyl groups is 2. The molecule has 0 spiro atoms. The smallest absolute Gasteiger partial charge is 0.119 e. The maximum Gasteiger partial charge on any atom is 0.119 e. The van der Waals surface area contributed by atoms with Crippen LogP contribution >= 0.6 is 0 Å². The fraction of sp³-hybridized carbons (Fsp3) is 0.429. The molecule has 2 rings (SSSR count). The number of nitrogens with zero attached hydrogens (tertiary/aromatic N) is 1. The van der Waals surface area contributed by atoms with E-state index in [0.717, 1.165) is 23.6 Å². The number of hydrogen-bond donors (Lipinski definition) is 2. The van der Waals surface area contributed by atoms with E-state index in [1.807, 2.05) is 61.6 Å². The standard InChI is InChI=1S/C21H29NO5/c1-22(16-19(24)17-27-20-5-3-2-4-6-20)15-18-7-9-21(10-8-18)26-14-13-25-12-11-23/h2-10,19,23-24H,11-17H2,1H3/t19-/m1/s1. The summed E-state index contributed by atoms with van der Waals surface area (Å²) < 4.78 is 16.3. The van der Waals surface area contributed by atoms with Gasteiger partial charge >= 0.3 is 0 Å². The molecule has 2 N–H and O–H groups in total. The summed E-state index contributed by atoms with van der Waals surface area (Å²) in [5.74, 6) is 1.54. The van der Waals surface area contributed by atoms with Crippen LogP contribution in [0.2, 0.25) is 0 Å². The molecule has 0 amide bonds. The molecule has 0 radical (unpaired) electrons. The van der Waals surface area contributed by atoms with Gasteiger partial charge in [0.2, 0.25) is 0 Å². The molecule has 0 heterocycles. The van der Waals surface area contributed by atoms with Gasteiger partial charge in [0.25, 0.3) is 0 Å². The summed E-state index contributed by atoms with van der Waals surface area (Å²) in [7, 11) is 1.97. The van der Waals surface area contributed by atoms with Crippen molar-refractivity contribution in [2.45, 2.75) is 12.6 Å². The van der Waals surface area contributed by atoms with Gasteiger partial charge in [-0.2, -0.15) is 0 Å². The van der Waals surface area contributed by atoms with Gasteiger partial charge in [0.05, 0.1) is 19.8 Å². The van der Waals surface area contributed by atoms with Crippen molar-refractivity contribution in [2.24, 2.45) is 0 Å². The third-order valence-electron chi connectivity index (χ3n) is 3.82. The molecule has 2 aromatic carbocycles. The zero-order chi connectivity index (χ0) is 19.3. The highest BCUT2D eigenvalue weighted by Crippen LogP contribution is 2.14. The molecule has 6 heteroatoms. The zero-order valence-electron chi connectivity index (χ0n) is 15.8. The van der Waals surface area contributed by atoms with E-state index in [9.17, 15) is 5.11 Å². The van der Waals surface area contributed by atoms with Crippen molar-refractivity contribution < 1.29 is 24.4 Å². The van der Waals surface area contributed by atoms with Gasteiger partial charge in [-0.05, 0) is 36.9 Å². The molecule has 1 atom stereocenters. The Labute approximate surface area is 160 Å². The molecule has 0 aliphatic rings. The minimum Gasteiger partial charge on any atom is -0.491 e. The number of aliphatic hydroxyl groups excluding tert-OH is 2. The lowest BCUT2D eigenvalue weighted by Gasteiger charge is -2.21. The van der Waals surface area contributed by atoms with Crippen molar-refractivity contribution in [3.05, 3.63) is 60.2 Å². The van der Waals surface area contributed by atoms with Gasteiger partial charge in [-0.15, -0.1) is 0 Å². The van der Waals surface area contributed by atoms with Crippen LogP contribution in [0, 0.1) is 0 Å². The second kappa shape index (κ2) is 12.3. The number of benzene rings is 2. The van der Waals surface area contributed by atoms with Crippen molar-refractivity contribution >= 4 is 0 Å². The molecule has 0 fully saturated rings. The van der Waals surface area contributed by atoms with Crippen molar-refractivity contribution in [2.75, 3.05) is 46.6 Å². The second-order valence-electron chi connectivity index (χ2n) is 6.30. The summed E-state index contributed by atoms with van der Waals surface area (Å²) in [6.45, 7) is 2.77. The van der Waals surface area contributed by atoms with E-state index in [0.29, 0.717) is 26.4 Å². The summed E-state index contributed by atoms with van der Waals surface area (Å²) in [5, 5.41) is 18.8. The van der Waals surface area contributed by atoms with Crippen LogP contribution in [0.5, 0.6) is 11.5 Å². The highest BCUT2D eigenvalue weighted by molar-refractivity contribution is 5.27. The van der Waals surface area contributed by atoms with E-state index in [-0.39, 0.29) is 13.2 Å². The van der Waals surface area contributed by atoms with E-state index in [1.54, 1.807) is 0 Å². The topological polar surface area (TPSA) is 71.4 Å². The van der Waals surface area contributed by atoms with E-state index in [4.69, 9.17) is 19.3 Å². The molecule has 2 aromatic rings. The van der Waals surface area contributed by atoms with Crippen LogP contribution in [0.1, 0.15) is 5.56 Å². The predicted octanol–water partition coefficient (Wildman–Crippen LogP) is 1.95. The molecule has 0 aliphatic heterocycles. The monoisotopic (exact) mass is 375 g/mol. The first-order valence-electron chi connectivity index (χ1n) is 9.12. The summed E-state index contributed by atoms with van der Waals surface area (Å²) in [6.07, 6.45) is -0.559. The van der Waals surface area contributed by atoms with E-state index in [1.165, 1.54) is 0 Å². The van der Waals surface area contributed by atoms with Gasteiger partial charge < -0.3 is 24.4 Å². The lowest BCUT2D eigenvalue weighted by atomic mass is 10.2. The Hall–Kier alpha value is -2.12. The van der Waals surface area contributed by atoms with Crippen LogP contribution in [0.4, 0.5) is 0 Å². The molecule has 0 saturated carbocycles. The Kier molecular flexibility index (Phi) is 9.65. The van der Waals surface area contributed by atoms with Gasteiger partial charge in [-0.3, -0.25) is 4.90 Å². The fourth-order valence-corrected chi connectivity index (χ4v) is 2.57. The summed E-state index contributed by atoms with van der Waals surface area (Å²) in [6, 6.07) is 17.3. The van der Waals surface area contributed by atoms with Gasteiger partial charge in [0, 0.05) is 13.1 Å². The largest absolute Gasteiger partial charge is 0.491 e. The van der Waals surface area contributed by atoms with Crippen molar-refractivity contribution in [1.82, 2.24) is 4.90 Å². The first-order chi connectivity index (χ1) is 13.2. The maximum atomic E-state index is 10.1. The van der Waals surface area contributed by atoms with Crippen molar-refractivity contribution in [1.29, 1.82) is 0 Å². The average molecular weight is 375 g/mol. The summed E-state index contributed by atoms with van der Waals surface area (Å²) in [4.78, 5) is 2.05. The molecule has 6 nitrogen and oxygen atoms in total. The quantitative estimate of drug-likeness (QED) is 0.522. The van der Waals surface area contributed by atoms with Gasteiger partial charge in [-0.1, -0.05) is 30.3 Å². The number of ether oxygens (including phenoxy) is 3. The van der Waals surface area contributed by atoms with Crippen LogP contribution in [0.25, 0.3) is 0 Å². The Bertz CT molecular complexity index is 620. The van der Waals surface area contributed by atoms with Crippen LogP contribution in [-0.4, -0.2) is 67.8 Å². The Morgan fingerprint density at radius 1 is 0.889 bits per heavy atom. The van der Waals surface area contributed by atoms with Gasteiger partial charge in [-0.25, -0.2) is 0 Å². The lowest BCUT2D eigenvalue weighted by Crippen LogP contribution is -2.32. The molecule has 148 valence electrons. The van der Waals surface area contributed by atoms with Crippen LogP contribution in [0.15, 0.2) is 54.6 Å². The molecular formula is C21H29NO5. The predicted molar refractivity (Wildman–Crippen MR) is 104 cm³/mol. The Balaban J connectivity index is 1.66. The highest BCUT2D eigenvalue weighted by Gasteiger charge is 2.10. The number of hydrogen-bond acceptors (Lipinski definition) is 6. The first-order valence-corrected chi connectivity index (χ1v) is 9.12. The normalized spacial score (nSPS) is 12.1. The third kappa shape index (κ3) is 8.88. The van der Waals surface area contributed by atoms with E-state index < -0.39 is 6.10 Å². The molecule has 0 saturated heterocycles. The van der Waals surface area contributed by atoms with Crippen LogP contribution in [0.3, 0.4) is 0 Å². The molecule has 0 aliphatic carbocycles. The first kappa shape index (κ1) is 21.2. The number of para-hydroxylation sites is 1. The van der Waals surface area contributed by atoms with Crippen molar-refractivity contribution in [3.63, 3.8) is 0 Å². The van der Waals surface area contributed by atoms with Crippen molar-refractivity contribution in [3.8, 4) is 11.5 Å².